The Hall–Kier alpha value is -3.41. The molecule has 1 aromatic carbocycles. The molecule has 0 bridgehead atoms. The van der Waals surface area contributed by atoms with Crippen LogP contribution in [0.5, 0.6) is 0 Å². The third kappa shape index (κ3) is 4.68. The summed E-state index contributed by atoms with van der Waals surface area (Å²) in [6, 6.07) is 9.86. The molecule has 1 aliphatic rings. The van der Waals surface area contributed by atoms with Crippen molar-refractivity contribution in [3.63, 3.8) is 0 Å². The molecule has 160 valence electrons. The molecular formula is C19H15F3N6O2S. The number of alkyl halides is 3. The Morgan fingerprint density at radius 1 is 1.13 bits per heavy atom. The highest BCUT2D eigenvalue weighted by Gasteiger charge is 2.32. The van der Waals surface area contributed by atoms with Gasteiger partial charge in [-0.25, -0.2) is 0 Å². The van der Waals surface area contributed by atoms with Crippen LogP contribution in [0.25, 0.3) is 11.4 Å². The van der Waals surface area contributed by atoms with Gasteiger partial charge in [0.2, 0.25) is 11.8 Å². The van der Waals surface area contributed by atoms with E-state index in [-0.39, 0.29) is 29.2 Å². The van der Waals surface area contributed by atoms with Gasteiger partial charge >= 0.3 is 6.18 Å². The third-order valence-electron chi connectivity index (χ3n) is 4.39. The van der Waals surface area contributed by atoms with Crippen LogP contribution in [-0.2, 0) is 16.1 Å². The summed E-state index contributed by atoms with van der Waals surface area (Å²) in [5, 5.41) is 10.4. The molecule has 0 saturated heterocycles. The second-order valence-corrected chi connectivity index (χ2v) is 7.52. The van der Waals surface area contributed by atoms with Crippen molar-refractivity contribution in [1.82, 2.24) is 19.7 Å². The lowest BCUT2D eigenvalue weighted by Crippen LogP contribution is -2.43. The zero-order chi connectivity index (χ0) is 22.0. The van der Waals surface area contributed by atoms with Gasteiger partial charge in [0.1, 0.15) is 13.1 Å². The summed E-state index contributed by atoms with van der Waals surface area (Å²) >= 11 is 0.832. The molecule has 1 aliphatic heterocycles. The van der Waals surface area contributed by atoms with Crippen LogP contribution in [0, 0.1) is 0 Å². The van der Waals surface area contributed by atoms with Gasteiger partial charge in [-0.2, -0.15) is 13.2 Å². The van der Waals surface area contributed by atoms with E-state index in [1.165, 1.54) is 29.4 Å². The molecule has 0 unspecified atom stereocenters. The Balaban J connectivity index is 1.57. The number of carbonyl (C=O) groups is 2. The number of carbonyl (C=O) groups excluding carboxylic acids is 2. The summed E-state index contributed by atoms with van der Waals surface area (Å²) in [4.78, 5) is 29.9. The second kappa shape index (κ2) is 8.38. The maximum atomic E-state index is 13.2. The number of para-hydroxylation sites is 2. The second-order valence-electron chi connectivity index (χ2n) is 6.58. The monoisotopic (exact) mass is 448 g/mol. The standard InChI is InChI=1S/C19H15F3N6O2S/c20-19(21,22)11-28-17(12-5-7-23-8-6-12)25-26-18(28)31-10-16(30)27-9-15(29)24-13-3-1-2-4-14(13)27/h1-8H,9-11H2,(H,24,29). The maximum absolute atomic E-state index is 13.2. The van der Waals surface area contributed by atoms with E-state index in [1.807, 2.05) is 0 Å². The molecule has 0 aliphatic carbocycles. The van der Waals surface area contributed by atoms with E-state index in [4.69, 9.17) is 0 Å². The molecule has 3 heterocycles. The van der Waals surface area contributed by atoms with Gasteiger partial charge in [0.05, 0.1) is 17.1 Å². The van der Waals surface area contributed by atoms with E-state index < -0.39 is 18.6 Å². The molecular weight excluding hydrogens is 433 g/mol. The van der Waals surface area contributed by atoms with Gasteiger partial charge in [-0.1, -0.05) is 23.9 Å². The van der Waals surface area contributed by atoms with E-state index in [0.717, 1.165) is 16.3 Å². The van der Waals surface area contributed by atoms with Crippen molar-refractivity contribution in [2.45, 2.75) is 17.9 Å². The van der Waals surface area contributed by atoms with E-state index in [9.17, 15) is 22.8 Å². The maximum Gasteiger partial charge on any atom is 0.406 e. The predicted molar refractivity (Wildman–Crippen MR) is 107 cm³/mol. The summed E-state index contributed by atoms with van der Waals surface area (Å²) in [5.74, 6) is -0.970. The summed E-state index contributed by atoms with van der Waals surface area (Å²) in [7, 11) is 0. The van der Waals surface area contributed by atoms with Crippen LogP contribution in [0.15, 0.2) is 53.9 Å². The van der Waals surface area contributed by atoms with E-state index in [2.05, 4.69) is 20.5 Å². The highest BCUT2D eigenvalue weighted by molar-refractivity contribution is 7.99. The van der Waals surface area contributed by atoms with Crippen LogP contribution < -0.4 is 10.2 Å². The lowest BCUT2D eigenvalue weighted by molar-refractivity contribution is -0.141. The number of nitrogens with one attached hydrogen (secondary N) is 1. The lowest BCUT2D eigenvalue weighted by atomic mass is 10.2. The van der Waals surface area contributed by atoms with Crippen LogP contribution in [0.1, 0.15) is 0 Å². The zero-order valence-electron chi connectivity index (χ0n) is 15.8. The first kappa shape index (κ1) is 20.8. The van der Waals surface area contributed by atoms with Crippen LogP contribution >= 0.6 is 11.8 Å². The minimum absolute atomic E-state index is 0.0253. The van der Waals surface area contributed by atoms with E-state index in [1.54, 1.807) is 24.3 Å². The predicted octanol–water partition coefficient (Wildman–Crippen LogP) is 2.98. The Kier molecular flexibility index (Phi) is 5.63. The molecule has 0 atom stereocenters. The smallest absolute Gasteiger partial charge is 0.323 e. The number of fused-ring (bicyclic) bond motifs is 1. The number of hydrogen-bond donors (Lipinski definition) is 1. The summed E-state index contributed by atoms with van der Waals surface area (Å²) in [6.07, 6.45) is -1.62. The molecule has 4 rings (SSSR count). The van der Waals surface area contributed by atoms with Crippen LogP contribution in [-0.4, -0.2) is 50.0 Å². The van der Waals surface area contributed by atoms with Gasteiger partial charge in [0.25, 0.3) is 0 Å². The minimum Gasteiger partial charge on any atom is -0.323 e. The quantitative estimate of drug-likeness (QED) is 0.604. The number of amides is 2. The highest BCUT2D eigenvalue weighted by atomic mass is 32.2. The molecule has 3 aromatic rings. The Morgan fingerprint density at radius 3 is 2.61 bits per heavy atom. The number of thioether (sulfide) groups is 1. The highest BCUT2D eigenvalue weighted by Crippen LogP contribution is 2.31. The average molecular weight is 448 g/mol. The number of benzene rings is 1. The number of pyridine rings is 1. The normalized spacial score (nSPS) is 13.6. The van der Waals surface area contributed by atoms with Crippen molar-refractivity contribution in [1.29, 1.82) is 0 Å². The molecule has 0 spiro atoms. The Morgan fingerprint density at radius 2 is 1.87 bits per heavy atom. The first-order valence-electron chi connectivity index (χ1n) is 9.04. The summed E-state index contributed by atoms with van der Waals surface area (Å²) < 4.78 is 40.4. The molecule has 31 heavy (non-hydrogen) atoms. The first-order valence-corrected chi connectivity index (χ1v) is 10.0. The SMILES string of the molecule is O=C1CN(C(=O)CSc2nnc(-c3ccncc3)n2CC(F)(F)F)c2ccccc2N1. The van der Waals surface area contributed by atoms with Crippen molar-refractivity contribution >= 4 is 35.0 Å². The molecule has 0 fully saturated rings. The number of halogens is 3. The minimum atomic E-state index is -4.51. The fourth-order valence-corrected chi connectivity index (χ4v) is 3.91. The van der Waals surface area contributed by atoms with Crippen molar-refractivity contribution in [2.75, 3.05) is 22.5 Å². The van der Waals surface area contributed by atoms with Crippen molar-refractivity contribution in [3.05, 3.63) is 48.8 Å². The van der Waals surface area contributed by atoms with Crippen LogP contribution in [0.3, 0.4) is 0 Å². The van der Waals surface area contributed by atoms with Gasteiger partial charge in [-0.05, 0) is 24.3 Å². The molecule has 2 amide bonds. The number of nitrogens with zero attached hydrogens (tertiary/aromatic N) is 5. The summed E-state index contributed by atoms with van der Waals surface area (Å²) in [6.45, 7) is -1.48. The fraction of sp³-hybridized carbons (Fsp3) is 0.211. The lowest BCUT2D eigenvalue weighted by Gasteiger charge is -2.29. The van der Waals surface area contributed by atoms with Gasteiger partial charge in [-0.3, -0.25) is 19.1 Å². The molecule has 8 nitrogen and oxygen atoms in total. The molecule has 1 N–H and O–H groups in total. The first-order chi connectivity index (χ1) is 14.8. The van der Waals surface area contributed by atoms with Gasteiger partial charge in [0, 0.05) is 18.0 Å². The van der Waals surface area contributed by atoms with Crippen LogP contribution in [0.4, 0.5) is 24.5 Å². The van der Waals surface area contributed by atoms with Gasteiger partial charge < -0.3 is 10.2 Å². The zero-order valence-corrected chi connectivity index (χ0v) is 16.7. The van der Waals surface area contributed by atoms with E-state index in [0.29, 0.717) is 16.9 Å². The Labute approximate surface area is 178 Å². The largest absolute Gasteiger partial charge is 0.406 e. The average Bonchev–Trinajstić information content (AvgIpc) is 3.12. The Bertz CT molecular complexity index is 1120. The van der Waals surface area contributed by atoms with Gasteiger partial charge in [0.15, 0.2) is 11.0 Å². The van der Waals surface area contributed by atoms with Crippen molar-refractivity contribution in [3.8, 4) is 11.4 Å². The number of rotatable bonds is 5. The fourth-order valence-electron chi connectivity index (χ4n) is 3.09. The van der Waals surface area contributed by atoms with E-state index >= 15 is 0 Å². The van der Waals surface area contributed by atoms with Crippen molar-refractivity contribution in [2.24, 2.45) is 0 Å². The molecule has 0 radical (unpaired) electrons. The summed E-state index contributed by atoms with van der Waals surface area (Å²) in [5.41, 5.74) is 1.45. The number of hydrogen-bond acceptors (Lipinski definition) is 6. The van der Waals surface area contributed by atoms with Crippen molar-refractivity contribution < 1.29 is 22.8 Å². The topological polar surface area (TPSA) is 93.0 Å². The number of aromatic nitrogens is 4. The molecule has 12 heteroatoms. The third-order valence-corrected chi connectivity index (χ3v) is 5.34. The number of anilines is 2. The van der Waals surface area contributed by atoms with Gasteiger partial charge in [-0.15, -0.1) is 10.2 Å². The molecule has 2 aromatic heterocycles. The molecule has 0 saturated carbocycles. The van der Waals surface area contributed by atoms with Crippen LogP contribution in [0.2, 0.25) is 0 Å².